The third-order valence-corrected chi connectivity index (χ3v) is 5.09. The number of carbonyl (C=O) groups excluding carboxylic acids is 1. The van der Waals surface area contributed by atoms with Gasteiger partial charge >= 0.3 is 0 Å². The molecule has 0 radical (unpaired) electrons. The number of hydrogen-bond acceptors (Lipinski definition) is 4. The predicted molar refractivity (Wildman–Crippen MR) is 109 cm³/mol. The second-order valence-corrected chi connectivity index (χ2v) is 7.11. The number of amides is 1. The maximum absolute atomic E-state index is 15.1. The van der Waals surface area contributed by atoms with Crippen LogP contribution in [0.15, 0.2) is 54.9 Å². The molecule has 2 heterocycles. The fourth-order valence-electron chi connectivity index (χ4n) is 3.61. The molecule has 0 spiro atoms. The Morgan fingerprint density at radius 3 is 2.53 bits per heavy atom. The van der Waals surface area contributed by atoms with Gasteiger partial charge < -0.3 is 16.0 Å². The van der Waals surface area contributed by atoms with Crippen LogP contribution < -0.4 is 16.0 Å². The van der Waals surface area contributed by atoms with E-state index in [1.54, 1.807) is 12.3 Å². The molecule has 1 saturated heterocycles. The molecule has 4 rings (SSSR count). The van der Waals surface area contributed by atoms with Gasteiger partial charge in [-0.25, -0.2) is 13.2 Å². The summed E-state index contributed by atoms with van der Waals surface area (Å²) in [6.45, 7) is 1.35. The lowest BCUT2D eigenvalue weighted by Gasteiger charge is -2.21. The summed E-state index contributed by atoms with van der Waals surface area (Å²) < 4.78 is 43.3. The first-order valence-corrected chi connectivity index (χ1v) is 9.44. The smallest absolute Gasteiger partial charge is 0.258 e. The average Bonchev–Trinajstić information content (AvgIpc) is 3.15. The maximum atomic E-state index is 15.1. The van der Waals surface area contributed by atoms with E-state index in [-0.39, 0.29) is 17.2 Å². The quantitative estimate of drug-likeness (QED) is 0.681. The molecule has 30 heavy (non-hydrogen) atoms. The fraction of sp³-hybridized carbons (Fsp3) is 0.182. The Bertz CT molecular complexity index is 1090. The Hall–Kier alpha value is -3.39. The summed E-state index contributed by atoms with van der Waals surface area (Å²) in [4.78, 5) is 18.9. The summed E-state index contributed by atoms with van der Waals surface area (Å²) >= 11 is 0. The van der Waals surface area contributed by atoms with Crippen LogP contribution in [0.3, 0.4) is 0 Å². The lowest BCUT2D eigenvalue weighted by Crippen LogP contribution is -2.27. The molecule has 8 heteroatoms. The molecular formula is C22H19F3N4O. The van der Waals surface area contributed by atoms with Crippen LogP contribution in [-0.2, 0) is 0 Å². The van der Waals surface area contributed by atoms with Crippen LogP contribution in [0.1, 0.15) is 16.8 Å². The van der Waals surface area contributed by atoms with Gasteiger partial charge in [0.2, 0.25) is 0 Å². The molecule has 3 aromatic rings. The van der Waals surface area contributed by atoms with Gasteiger partial charge in [-0.1, -0.05) is 18.2 Å². The highest BCUT2D eigenvalue weighted by molar-refractivity contribution is 6.06. The van der Waals surface area contributed by atoms with E-state index in [2.05, 4.69) is 10.3 Å². The number of aromatic nitrogens is 1. The zero-order chi connectivity index (χ0) is 21.3. The Morgan fingerprint density at radius 1 is 1.10 bits per heavy atom. The largest absolute Gasteiger partial charge is 0.368 e. The fourth-order valence-corrected chi connectivity index (χ4v) is 3.61. The second-order valence-electron chi connectivity index (χ2n) is 7.11. The van der Waals surface area contributed by atoms with Gasteiger partial charge in [-0.05, 0) is 30.7 Å². The number of hydrogen-bond donors (Lipinski definition) is 2. The van der Waals surface area contributed by atoms with Gasteiger partial charge in [0.1, 0.15) is 17.5 Å². The topological polar surface area (TPSA) is 71.2 Å². The molecule has 1 atom stereocenters. The van der Waals surface area contributed by atoms with E-state index >= 15 is 4.39 Å². The zero-order valence-electron chi connectivity index (χ0n) is 15.9. The SMILES string of the molecule is N[C@H]1CCN(c2ccncc2NC(=O)c2cccc(-c3c(F)cccc3F)c2F)C1. The minimum atomic E-state index is -1.01. The molecule has 2 aromatic carbocycles. The molecule has 0 unspecified atom stereocenters. The molecule has 1 fully saturated rings. The molecule has 1 aliphatic heterocycles. The van der Waals surface area contributed by atoms with Gasteiger partial charge in [-0.15, -0.1) is 0 Å². The van der Waals surface area contributed by atoms with Crippen molar-refractivity contribution in [2.24, 2.45) is 5.73 Å². The molecular weight excluding hydrogens is 393 g/mol. The van der Waals surface area contributed by atoms with Crippen LogP contribution in [0.25, 0.3) is 11.1 Å². The Labute approximate surface area is 171 Å². The van der Waals surface area contributed by atoms with Crippen LogP contribution >= 0.6 is 0 Å². The monoisotopic (exact) mass is 412 g/mol. The third-order valence-electron chi connectivity index (χ3n) is 5.09. The van der Waals surface area contributed by atoms with Crippen molar-refractivity contribution in [2.45, 2.75) is 12.5 Å². The van der Waals surface area contributed by atoms with Crippen molar-refractivity contribution in [3.63, 3.8) is 0 Å². The zero-order valence-corrected chi connectivity index (χ0v) is 15.9. The molecule has 5 nitrogen and oxygen atoms in total. The number of pyridine rings is 1. The Balaban J connectivity index is 1.66. The molecule has 3 N–H and O–H groups in total. The number of benzene rings is 2. The highest BCUT2D eigenvalue weighted by atomic mass is 19.1. The minimum absolute atomic E-state index is 0.0338. The average molecular weight is 412 g/mol. The second kappa shape index (κ2) is 8.16. The van der Waals surface area contributed by atoms with Crippen LogP contribution in [-0.4, -0.2) is 30.0 Å². The van der Waals surface area contributed by atoms with E-state index in [0.717, 1.165) is 30.8 Å². The van der Waals surface area contributed by atoms with E-state index in [9.17, 15) is 13.6 Å². The molecule has 1 aliphatic rings. The first-order chi connectivity index (χ1) is 14.5. The van der Waals surface area contributed by atoms with Crippen LogP contribution in [0.2, 0.25) is 0 Å². The number of nitrogens with one attached hydrogen (secondary N) is 1. The number of rotatable bonds is 4. The summed E-state index contributed by atoms with van der Waals surface area (Å²) in [7, 11) is 0. The summed E-state index contributed by atoms with van der Waals surface area (Å²) in [5.74, 6) is -3.57. The molecule has 0 bridgehead atoms. The van der Waals surface area contributed by atoms with E-state index in [0.29, 0.717) is 12.2 Å². The molecule has 1 aromatic heterocycles. The lowest BCUT2D eigenvalue weighted by molar-refractivity contribution is 0.102. The van der Waals surface area contributed by atoms with Crippen molar-refractivity contribution in [3.05, 3.63) is 77.9 Å². The minimum Gasteiger partial charge on any atom is -0.368 e. The summed E-state index contributed by atoms with van der Waals surface area (Å²) in [6, 6.07) is 8.91. The standard InChI is InChI=1S/C22H19F3N4O/c23-16-5-2-6-17(24)20(16)14-3-1-4-15(21(14)25)22(30)28-18-11-27-9-7-19(18)29-10-8-13(26)12-29/h1-7,9,11,13H,8,10,12,26H2,(H,28,30)/t13-/m0/s1. The molecule has 0 aliphatic carbocycles. The van der Waals surface area contributed by atoms with Crippen molar-refractivity contribution in [3.8, 4) is 11.1 Å². The van der Waals surface area contributed by atoms with Gasteiger partial charge in [-0.3, -0.25) is 9.78 Å². The highest BCUT2D eigenvalue weighted by Gasteiger charge is 2.24. The van der Waals surface area contributed by atoms with Gasteiger partial charge in [0.05, 0.1) is 28.7 Å². The number of nitrogens with two attached hydrogens (primary N) is 1. The number of halogens is 3. The predicted octanol–water partition coefficient (Wildman–Crippen LogP) is 3.96. The summed E-state index contributed by atoms with van der Waals surface area (Å²) in [5, 5.41) is 2.66. The third kappa shape index (κ3) is 3.73. The first-order valence-electron chi connectivity index (χ1n) is 9.44. The van der Waals surface area contributed by atoms with Crippen molar-refractivity contribution >= 4 is 17.3 Å². The van der Waals surface area contributed by atoms with Crippen LogP contribution in [0.4, 0.5) is 24.5 Å². The first kappa shape index (κ1) is 19.9. The number of carbonyl (C=O) groups is 1. The van der Waals surface area contributed by atoms with E-state index in [1.807, 2.05) is 4.90 Å². The van der Waals surface area contributed by atoms with Gasteiger partial charge in [0.25, 0.3) is 5.91 Å². The van der Waals surface area contributed by atoms with Gasteiger partial charge in [0, 0.05) is 30.9 Å². The van der Waals surface area contributed by atoms with E-state index in [4.69, 9.17) is 5.73 Å². The van der Waals surface area contributed by atoms with Gasteiger partial charge in [0.15, 0.2) is 0 Å². The lowest BCUT2D eigenvalue weighted by atomic mass is 10.0. The molecule has 1 amide bonds. The van der Waals surface area contributed by atoms with E-state index < -0.39 is 28.9 Å². The highest BCUT2D eigenvalue weighted by Crippen LogP contribution is 2.31. The maximum Gasteiger partial charge on any atom is 0.258 e. The van der Waals surface area contributed by atoms with Crippen molar-refractivity contribution in [2.75, 3.05) is 23.3 Å². The Kier molecular flexibility index (Phi) is 5.41. The summed E-state index contributed by atoms with van der Waals surface area (Å²) in [6.07, 6.45) is 3.88. The molecule has 154 valence electrons. The van der Waals surface area contributed by atoms with Gasteiger partial charge in [-0.2, -0.15) is 0 Å². The summed E-state index contributed by atoms with van der Waals surface area (Å²) in [5.41, 5.74) is 5.92. The normalized spacial score (nSPS) is 16.0. The van der Waals surface area contributed by atoms with E-state index in [1.165, 1.54) is 30.5 Å². The van der Waals surface area contributed by atoms with Crippen LogP contribution in [0, 0.1) is 17.5 Å². The Morgan fingerprint density at radius 2 is 1.83 bits per heavy atom. The number of nitrogens with zero attached hydrogens (tertiary/aromatic N) is 2. The van der Waals surface area contributed by atoms with Crippen molar-refractivity contribution < 1.29 is 18.0 Å². The van der Waals surface area contributed by atoms with Crippen LogP contribution in [0.5, 0.6) is 0 Å². The van der Waals surface area contributed by atoms with Crippen molar-refractivity contribution in [1.29, 1.82) is 0 Å². The van der Waals surface area contributed by atoms with Crippen molar-refractivity contribution in [1.82, 2.24) is 4.98 Å². The number of anilines is 2. The molecule has 0 saturated carbocycles.